The van der Waals surface area contributed by atoms with E-state index in [0.717, 1.165) is 4.57 Å². The van der Waals surface area contributed by atoms with E-state index in [4.69, 9.17) is 27.3 Å². The standard InChI is InChI=1S/C23H37N9O6/c1-12(2)10-14(24)20(34)28-13(6-8-31(3)22(26)27)11-17(33)29-15-4-5-18(38-19(15)21(35)36)32-9-7-16(25)30-23(32)37/h4-5,7,9,12-15,18-19H,6,8,10-11,24H2,1-3H3,(H3,26,27)(H,28,34)(H,29,33)(H,35,36)(H2,25,30,37). The van der Waals surface area contributed by atoms with E-state index in [0.29, 0.717) is 6.42 Å². The highest BCUT2D eigenvalue weighted by molar-refractivity contribution is 5.84. The molecule has 0 saturated carbocycles. The molecular formula is C23H37N9O6. The topological polar surface area (TPSA) is 245 Å². The van der Waals surface area contributed by atoms with Crippen molar-refractivity contribution in [2.45, 2.75) is 63.6 Å². The van der Waals surface area contributed by atoms with Crippen LogP contribution in [-0.4, -0.2) is 81.1 Å². The van der Waals surface area contributed by atoms with E-state index in [9.17, 15) is 24.3 Å². The van der Waals surface area contributed by atoms with Crippen LogP contribution >= 0.6 is 0 Å². The second-order valence-corrected chi connectivity index (χ2v) is 9.55. The molecule has 210 valence electrons. The molecule has 1 aromatic rings. The van der Waals surface area contributed by atoms with Crippen LogP contribution in [0.5, 0.6) is 0 Å². The molecule has 0 spiro atoms. The van der Waals surface area contributed by atoms with Gasteiger partial charge in [-0.3, -0.25) is 19.6 Å². The largest absolute Gasteiger partial charge is 0.479 e. The van der Waals surface area contributed by atoms with Gasteiger partial charge in [0.1, 0.15) is 5.82 Å². The molecule has 5 atom stereocenters. The van der Waals surface area contributed by atoms with Crippen molar-refractivity contribution in [1.29, 1.82) is 5.41 Å². The molecule has 0 bridgehead atoms. The lowest BCUT2D eigenvalue weighted by Gasteiger charge is -2.31. The number of aliphatic carboxylic acids is 1. The normalized spacial score (nSPS) is 20.4. The monoisotopic (exact) mass is 535 g/mol. The lowest BCUT2D eigenvalue weighted by Crippen LogP contribution is -2.52. The number of carbonyl (C=O) groups excluding carboxylic acids is 2. The molecule has 10 N–H and O–H groups in total. The number of amides is 2. The van der Waals surface area contributed by atoms with E-state index in [1.165, 1.54) is 29.3 Å². The maximum absolute atomic E-state index is 12.9. The quantitative estimate of drug-likeness (QED) is 0.0904. The molecule has 2 rings (SSSR count). The average Bonchev–Trinajstić information content (AvgIpc) is 2.81. The van der Waals surface area contributed by atoms with Crippen LogP contribution in [0.15, 0.2) is 29.2 Å². The average molecular weight is 536 g/mol. The summed E-state index contributed by atoms with van der Waals surface area (Å²) in [4.78, 5) is 54.6. The summed E-state index contributed by atoms with van der Waals surface area (Å²) in [6.07, 6.45) is 2.14. The van der Waals surface area contributed by atoms with Gasteiger partial charge in [-0.1, -0.05) is 19.9 Å². The van der Waals surface area contributed by atoms with Gasteiger partial charge in [0.15, 0.2) is 18.3 Å². The number of nitrogens with one attached hydrogen (secondary N) is 3. The van der Waals surface area contributed by atoms with Crippen LogP contribution < -0.4 is 33.5 Å². The molecule has 1 aromatic heterocycles. The Bertz CT molecular complexity index is 1110. The van der Waals surface area contributed by atoms with Gasteiger partial charge in [0.05, 0.1) is 12.1 Å². The number of carboxylic acids is 1. The first-order chi connectivity index (χ1) is 17.8. The molecule has 1 aliphatic heterocycles. The van der Waals surface area contributed by atoms with Crippen molar-refractivity contribution in [1.82, 2.24) is 25.1 Å². The summed E-state index contributed by atoms with van der Waals surface area (Å²) in [6.45, 7) is 4.15. The Morgan fingerprint density at radius 1 is 1.32 bits per heavy atom. The Morgan fingerprint density at radius 2 is 2.00 bits per heavy atom. The second-order valence-electron chi connectivity index (χ2n) is 9.55. The zero-order chi connectivity index (χ0) is 28.6. The number of carbonyl (C=O) groups is 3. The molecule has 38 heavy (non-hydrogen) atoms. The lowest BCUT2D eigenvalue weighted by atomic mass is 10.0. The maximum atomic E-state index is 12.9. The van der Waals surface area contributed by atoms with Crippen molar-refractivity contribution < 1.29 is 24.2 Å². The first-order valence-electron chi connectivity index (χ1n) is 12.1. The van der Waals surface area contributed by atoms with Gasteiger partial charge in [-0.15, -0.1) is 0 Å². The molecule has 0 aliphatic carbocycles. The lowest BCUT2D eigenvalue weighted by molar-refractivity contribution is -0.159. The highest BCUT2D eigenvalue weighted by atomic mass is 16.5. The third-order valence-electron chi connectivity index (χ3n) is 5.86. The Balaban J connectivity index is 2.13. The van der Waals surface area contributed by atoms with Gasteiger partial charge in [0.25, 0.3) is 0 Å². The molecule has 2 heterocycles. The van der Waals surface area contributed by atoms with Crippen LogP contribution in [0.4, 0.5) is 5.82 Å². The molecular weight excluding hydrogens is 498 g/mol. The molecule has 1 aliphatic rings. The van der Waals surface area contributed by atoms with Crippen molar-refractivity contribution in [2.24, 2.45) is 17.4 Å². The highest BCUT2D eigenvalue weighted by Gasteiger charge is 2.35. The number of guanidine groups is 1. The van der Waals surface area contributed by atoms with E-state index >= 15 is 0 Å². The van der Waals surface area contributed by atoms with Crippen LogP contribution in [0.2, 0.25) is 0 Å². The fourth-order valence-corrected chi connectivity index (χ4v) is 3.80. The van der Waals surface area contributed by atoms with Crippen molar-refractivity contribution in [2.75, 3.05) is 19.3 Å². The van der Waals surface area contributed by atoms with Crippen LogP contribution in [-0.2, 0) is 19.1 Å². The molecule has 0 radical (unpaired) electrons. The maximum Gasteiger partial charge on any atom is 0.351 e. The third-order valence-corrected chi connectivity index (χ3v) is 5.86. The summed E-state index contributed by atoms with van der Waals surface area (Å²) in [7, 11) is 1.60. The number of nitrogens with two attached hydrogens (primary N) is 3. The van der Waals surface area contributed by atoms with Crippen LogP contribution in [0.3, 0.4) is 0 Å². The van der Waals surface area contributed by atoms with Gasteiger partial charge >= 0.3 is 11.7 Å². The van der Waals surface area contributed by atoms with E-state index in [-0.39, 0.29) is 37.1 Å². The summed E-state index contributed by atoms with van der Waals surface area (Å²) in [6, 6.07) is -1.10. The predicted molar refractivity (Wildman–Crippen MR) is 139 cm³/mol. The minimum atomic E-state index is -1.50. The number of aromatic nitrogens is 2. The second kappa shape index (κ2) is 13.5. The first-order valence-corrected chi connectivity index (χ1v) is 12.1. The van der Waals surface area contributed by atoms with Gasteiger partial charge in [0.2, 0.25) is 11.8 Å². The van der Waals surface area contributed by atoms with Crippen LogP contribution in [0.25, 0.3) is 0 Å². The number of ether oxygens (including phenoxy) is 1. The Morgan fingerprint density at radius 3 is 2.58 bits per heavy atom. The summed E-state index contributed by atoms with van der Waals surface area (Å²) >= 11 is 0. The van der Waals surface area contributed by atoms with E-state index in [1.54, 1.807) is 7.05 Å². The van der Waals surface area contributed by atoms with Crippen LogP contribution in [0.1, 0.15) is 39.3 Å². The molecule has 0 aromatic carbocycles. The van der Waals surface area contributed by atoms with Crippen molar-refractivity contribution in [3.8, 4) is 0 Å². The van der Waals surface area contributed by atoms with Crippen molar-refractivity contribution in [3.05, 3.63) is 34.9 Å². The Kier molecular flexibility index (Phi) is 10.8. The molecule has 0 fully saturated rings. The number of hydrogen-bond donors (Lipinski definition) is 7. The zero-order valence-corrected chi connectivity index (χ0v) is 21.7. The zero-order valence-electron chi connectivity index (χ0n) is 21.7. The molecule has 0 saturated heterocycles. The number of carboxylic acid groups (broad SMARTS) is 1. The van der Waals surface area contributed by atoms with Gasteiger partial charge in [-0.25, -0.2) is 9.59 Å². The minimum absolute atomic E-state index is 0.00673. The van der Waals surface area contributed by atoms with Gasteiger partial charge in [0, 0.05) is 32.3 Å². The van der Waals surface area contributed by atoms with Gasteiger partial charge < -0.3 is 42.6 Å². The Hall–Kier alpha value is -3.98. The number of nitrogens with zero attached hydrogens (tertiary/aromatic N) is 3. The predicted octanol–water partition coefficient (Wildman–Crippen LogP) is -1.69. The number of anilines is 1. The minimum Gasteiger partial charge on any atom is -0.479 e. The number of hydrogen-bond acceptors (Lipinski definition) is 9. The van der Waals surface area contributed by atoms with Crippen molar-refractivity contribution in [3.63, 3.8) is 0 Å². The summed E-state index contributed by atoms with van der Waals surface area (Å²) in [5.74, 6) is -2.30. The fourth-order valence-electron chi connectivity index (χ4n) is 3.80. The number of rotatable bonds is 12. The smallest absolute Gasteiger partial charge is 0.351 e. The fraction of sp³-hybridized carbons (Fsp3) is 0.565. The van der Waals surface area contributed by atoms with Crippen molar-refractivity contribution >= 4 is 29.6 Å². The van der Waals surface area contributed by atoms with Crippen LogP contribution in [0, 0.1) is 11.3 Å². The Labute approximate surface area is 219 Å². The molecule has 5 unspecified atom stereocenters. The highest BCUT2D eigenvalue weighted by Crippen LogP contribution is 2.21. The summed E-state index contributed by atoms with van der Waals surface area (Å²) < 4.78 is 6.63. The number of nitrogen functional groups attached to an aromatic ring is 1. The van der Waals surface area contributed by atoms with Gasteiger partial charge in [-0.05, 0) is 30.9 Å². The third kappa shape index (κ3) is 8.85. The summed E-state index contributed by atoms with van der Waals surface area (Å²) in [5, 5.41) is 22.6. The van der Waals surface area contributed by atoms with E-state index in [1.807, 2.05) is 13.8 Å². The molecule has 2 amide bonds. The van der Waals surface area contributed by atoms with Gasteiger partial charge in [-0.2, -0.15) is 4.98 Å². The summed E-state index contributed by atoms with van der Waals surface area (Å²) in [5.41, 5.74) is 16.2. The van der Waals surface area contributed by atoms with E-state index < -0.39 is 53.9 Å². The first kappa shape index (κ1) is 30.2. The molecule has 15 heteroatoms. The SMILES string of the molecule is CC(C)CC(N)C(=O)NC(CCN(C)C(=N)N)CC(=O)NC1C=CC(n2ccc(N)nc2=O)OC1C(=O)O. The molecule has 15 nitrogen and oxygen atoms in total. The van der Waals surface area contributed by atoms with E-state index in [2.05, 4.69) is 15.6 Å².